The van der Waals surface area contributed by atoms with E-state index in [1.165, 1.54) is 32.1 Å². The number of rotatable bonds is 3. The van der Waals surface area contributed by atoms with Crippen molar-refractivity contribution in [3.05, 3.63) is 57.4 Å². The Bertz CT molecular complexity index is 1180. The van der Waals surface area contributed by atoms with Crippen LogP contribution in [-0.2, 0) is 11.8 Å². The van der Waals surface area contributed by atoms with Crippen molar-refractivity contribution in [2.75, 3.05) is 13.2 Å². The van der Waals surface area contributed by atoms with Gasteiger partial charge < -0.3 is 14.6 Å². The monoisotopic (exact) mass is 452 g/mol. The van der Waals surface area contributed by atoms with Crippen LogP contribution in [0.5, 0.6) is 0 Å². The molecular weight excluding hydrogens is 424 g/mol. The molecule has 5 rings (SSSR count). The average Bonchev–Trinajstić information content (AvgIpc) is 2.82. The second-order valence-electron chi connectivity index (χ2n) is 9.11. The fourth-order valence-electron chi connectivity index (χ4n) is 5.33. The van der Waals surface area contributed by atoms with Gasteiger partial charge in [0, 0.05) is 36.8 Å². The van der Waals surface area contributed by atoms with E-state index in [2.05, 4.69) is 21.4 Å². The highest BCUT2D eigenvalue weighted by molar-refractivity contribution is 6.28. The number of ether oxygens (including phenoxy) is 1. The molecular formula is C25H29ClN4O2. The van der Waals surface area contributed by atoms with Crippen LogP contribution in [0.15, 0.2) is 35.3 Å². The molecule has 2 aliphatic rings. The van der Waals surface area contributed by atoms with Crippen molar-refractivity contribution in [1.29, 1.82) is 0 Å². The molecule has 1 aliphatic heterocycles. The maximum Gasteiger partial charge on any atom is 0.253 e. The summed E-state index contributed by atoms with van der Waals surface area (Å²) in [6, 6.07) is 8.27. The van der Waals surface area contributed by atoms with Crippen LogP contribution in [0, 0.1) is 12.8 Å². The molecule has 2 atom stereocenters. The standard InChI is InChI=1S/C25H29ClN4O2/c1-15-12-18(14-30(2)24(15)31)17-8-9-20-19(13-17)22(29-25(26)28-20)23-21(27-10-11-32-23)16-6-4-3-5-7-16/h8-9,12-14,16,21,23,27H,3-7,10-11H2,1-2H3/t21?,23-/m0/s1. The second-order valence-corrected chi connectivity index (χ2v) is 9.45. The van der Waals surface area contributed by atoms with E-state index in [0.717, 1.165) is 39.8 Å². The Morgan fingerprint density at radius 1 is 1.12 bits per heavy atom. The van der Waals surface area contributed by atoms with E-state index < -0.39 is 0 Å². The normalized spacial score (nSPS) is 22.3. The van der Waals surface area contributed by atoms with Gasteiger partial charge in [-0.05, 0) is 66.6 Å². The van der Waals surface area contributed by atoms with E-state index in [9.17, 15) is 4.79 Å². The maximum absolute atomic E-state index is 12.2. The summed E-state index contributed by atoms with van der Waals surface area (Å²) in [5.41, 5.74) is 4.39. The summed E-state index contributed by atoms with van der Waals surface area (Å²) in [7, 11) is 1.78. The Morgan fingerprint density at radius 2 is 1.94 bits per heavy atom. The van der Waals surface area contributed by atoms with E-state index in [1.54, 1.807) is 11.6 Å². The molecule has 32 heavy (non-hydrogen) atoms. The summed E-state index contributed by atoms with van der Waals surface area (Å²) in [5.74, 6) is 0.576. The Morgan fingerprint density at radius 3 is 2.72 bits per heavy atom. The molecule has 1 aromatic carbocycles. The zero-order valence-electron chi connectivity index (χ0n) is 18.6. The van der Waals surface area contributed by atoms with Crippen molar-refractivity contribution in [3.8, 4) is 11.1 Å². The third-order valence-corrected chi connectivity index (χ3v) is 7.10. The minimum atomic E-state index is -0.160. The molecule has 0 radical (unpaired) electrons. The lowest BCUT2D eigenvalue weighted by atomic mass is 9.80. The first-order chi connectivity index (χ1) is 15.5. The SMILES string of the molecule is Cc1cc(-c2ccc3nc(Cl)nc([C@H]4OCCNC4C4CCCCC4)c3c2)cn(C)c1=O. The van der Waals surface area contributed by atoms with Gasteiger partial charge in [-0.1, -0.05) is 25.3 Å². The van der Waals surface area contributed by atoms with Crippen LogP contribution >= 0.6 is 11.6 Å². The molecule has 168 valence electrons. The number of hydrogen-bond acceptors (Lipinski definition) is 5. The lowest BCUT2D eigenvalue weighted by Crippen LogP contribution is -2.48. The molecule has 1 unspecified atom stereocenters. The van der Waals surface area contributed by atoms with E-state index >= 15 is 0 Å². The van der Waals surface area contributed by atoms with Crippen molar-refractivity contribution < 1.29 is 4.74 Å². The molecule has 1 saturated heterocycles. The van der Waals surface area contributed by atoms with Gasteiger partial charge in [0.05, 0.1) is 17.8 Å². The number of hydrogen-bond donors (Lipinski definition) is 1. The van der Waals surface area contributed by atoms with Gasteiger partial charge in [0.15, 0.2) is 0 Å². The molecule has 2 fully saturated rings. The smallest absolute Gasteiger partial charge is 0.253 e. The summed E-state index contributed by atoms with van der Waals surface area (Å²) in [6.45, 7) is 3.35. The Kier molecular flexibility index (Phi) is 6.01. The number of morpholine rings is 1. The first kappa shape index (κ1) is 21.6. The first-order valence-electron chi connectivity index (χ1n) is 11.5. The lowest BCUT2D eigenvalue weighted by Gasteiger charge is -2.39. The molecule has 1 saturated carbocycles. The molecule has 1 N–H and O–H groups in total. The fraction of sp³-hybridized carbons (Fsp3) is 0.480. The molecule has 7 heteroatoms. The number of aryl methyl sites for hydroxylation is 2. The largest absolute Gasteiger partial charge is 0.369 e. The number of nitrogens with zero attached hydrogens (tertiary/aromatic N) is 3. The first-order valence-corrected chi connectivity index (χ1v) is 11.9. The number of nitrogens with one attached hydrogen (secondary N) is 1. The maximum atomic E-state index is 12.2. The molecule has 0 bridgehead atoms. The highest BCUT2D eigenvalue weighted by Crippen LogP contribution is 2.38. The summed E-state index contributed by atoms with van der Waals surface area (Å²) < 4.78 is 7.96. The predicted octanol–water partition coefficient (Wildman–Crippen LogP) is 4.57. The van der Waals surface area contributed by atoms with Crippen molar-refractivity contribution in [2.24, 2.45) is 13.0 Å². The lowest BCUT2D eigenvalue weighted by molar-refractivity contribution is -0.0295. The summed E-state index contributed by atoms with van der Waals surface area (Å²) in [6.07, 6.45) is 8.02. The van der Waals surface area contributed by atoms with Gasteiger partial charge in [0.2, 0.25) is 5.28 Å². The highest BCUT2D eigenvalue weighted by Gasteiger charge is 2.36. The van der Waals surface area contributed by atoms with E-state index in [-0.39, 0.29) is 23.0 Å². The van der Waals surface area contributed by atoms with Gasteiger partial charge in [-0.15, -0.1) is 0 Å². The fourth-order valence-corrected chi connectivity index (χ4v) is 5.52. The highest BCUT2D eigenvalue weighted by atomic mass is 35.5. The minimum Gasteiger partial charge on any atom is -0.369 e. The van der Waals surface area contributed by atoms with Crippen molar-refractivity contribution >= 4 is 22.5 Å². The summed E-state index contributed by atoms with van der Waals surface area (Å²) in [5, 5.41) is 4.92. The Labute approximate surface area is 193 Å². The Balaban J connectivity index is 1.62. The van der Waals surface area contributed by atoms with Gasteiger partial charge in [0.1, 0.15) is 6.10 Å². The van der Waals surface area contributed by atoms with Gasteiger partial charge in [-0.25, -0.2) is 9.97 Å². The molecule has 0 amide bonds. The van der Waals surface area contributed by atoms with Crippen LogP contribution in [0.4, 0.5) is 0 Å². The number of halogens is 1. The summed E-state index contributed by atoms with van der Waals surface area (Å²) in [4.78, 5) is 21.3. The van der Waals surface area contributed by atoms with Gasteiger partial charge in [-0.2, -0.15) is 0 Å². The van der Waals surface area contributed by atoms with Crippen LogP contribution in [0.2, 0.25) is 5.28 Å². The molecule has 3 heterocycles. The Hall–Kier alpha value is -2.28. The van der Waals surface area contributed by atoms with E-state index in [1.807, 2.05) is 31.3 Å². The minimum absolute atomic E-state index is 0.0161. The number of aromatic nitrogens is 3. The van der Waals surface area contributed by atoms with Crippen LogP contribution in [0.1, 0.15) is 49.5 Å². The number of benzene rings is 1. The van der Waals surface area contributed by atoms with Crippen molar-refractivity contribution in [3.63, 3.8) is 0 Å². The molecule has 0 spiro atoms. The van der Waals surface area contributed by atoms with Crippen molar-refractivity contribution in [2.45, 2.75) is 51.2 Å². The third kappa shape index (κ3) is 4.07. The predicted molar refractivity (Wildman–Crippen MR) is 127 cm³/mol. The van der Waals surface area contributed by atoms with Crippen molar-refractivity contribution in [1.82, 2.24) is 19.9 Å². The molecule has 2 aromatic heterocycles. The van der Waals surface area contributed by atoms with Crippen LogP contribution in [0.25, 0.3) is 22.0 Å². The third-order valence-electron chi connectivity index (χ3n) is 6.93. The average molecular weight is 453 g/mol. The van der Waals surface area contributed by atoms with E-state index in [4.69, 9.17) is 16.3 Å². The molecule has 3 aromatic rings. The quantitative estimate of drug-likeness (QED) is 0.589. The topological polar surface area (TPSA) is 69.0 Å². The van der Waals surface area contributed by atoms with Gasteiger partial charge >= 0.3 is 0 Å². The van der Waals surface area contributed by atoms with Crippen LogP contribution in [0.3, 0.4) is 0 Å². The summed E-state index contributed by atoms with van der Waals surface area (Å²) >= 11 is 6.36. The van der Waals surface area contributed by atoms with E-state index in [0.29, 0.717) is 12.5 Å². The zero-order valence-corrected chi connectivity index (χ0v) is 19.4. The second kappa shape index (κ2) is 8.93. The van der Waals surface area contributed by atoms with Crippen LogP contribution in [-0.4, -0.2) is 33.7 Å². The van der Waals surface area contributed by atoms with Gasteiger partial charge in [0.25, 0.3) is 5.56 Å². The molecule has 1 aliphatic carbocycles. The zero-order chi connectivity index (χ0) is 22.2. The molecule has 6 nitrogen and oxygen atoms in total. The van der Waals surface area contributed by atoms with Crippen LogP contribution < -0.4 is 10.9 Å². The van der Waals surface area contributed by atoms with Gasteiger partial charge in [-0.3, -0.25) is 4.79 Å². The number of pyridine rings is 1. The number of fused-ring (bicyclic) bond motifs is 1.